The Kier molecular flexibility index (Phi) is 13.0. The molecule has 0 aliphatic carbocycles. The minimum Gasteiger partial charge on any atom is -0.479 e. The van der Waals surface area contributed by atoms with Crippen LogP contribution in [0.25, 0.3) is 11.1 Å². The van der Waals surface area contributed by atoms with Crippen LogP contribution in [0.4, 0.5) is 5.69 Å². The van der Waals surface area contributed by atoms with Gasteiger partial charge in [0.25, 0.3) is 0 Å². The van der Waals surface area contributed by atoms with Gasteiger partial charge in [0.2, 0.25) is 29.5 Å². The number of thiophene rings is 1. The zero-order valence-corrected chi connectivity index (χ0v) is 31.1. The molecule has 2 aliphatic heterocycles. The monoisotopic (exact) mass is 771 g/mol. The van der Waals surface area contributed by atoms with E-state index in [1.54, 1.807) is 24.3 Å². The van der Waals surface area contributed by atoms with Crippen molar-refractivity contribution in [3.8, 4) is 11.1 Å². The molecule has 4 atom stereocenters. The van der Waals surface area contributed by atoms with E-state index < -0.39 is 59.7 Å². The number of carbonyl (C=O) groups excluding carboxylic acids is 5. The molecule has 56 heavy (non-hydrogen) atoms. The number of hydrogen-bond acceptors (Lipinski definition) is 7. The van der Waals surface area contributed by atoms with Crippen molar-refractivity contribution in [1.29, 1.82) is 0 Å². The fourth-order valence-electron chi connectivity index (χ4n) is 6.36. The van der Waals surface area contributed by atoms with Crippen LogP contribution in [0.1, 0.15) is 40.5 Å². The Balaban J connectivity index is 1.35. The third-order valence-electron chi connectivity index (χ3n) is 9.33. The SMILES string of the molecule is O=C1CCC(=O)N[C@H](Cc2cccs2)C(=O)N[C@H](Cc2ccc(-c3ccccc3)cc2)C(=O)N[C@H](Cc2ccccc2)C(=O)NC(C(=O)O)c2ccc(cc2)N1. The maximum Gasteiger partial charge on any atom is 0.330 e. The fraction of sp³-hybridized carbons (Fsp3) is 0.209. The lowest BCUT2D eigenvalue weighted by atomic mass is 9.99. The average Bonchev–Trinajstić information content (AvgIpc) is 3.72. The highest BCUT2D eigenvalue weighted by Gasteiger charge is 2.32. The van der Waals surface area contributed by atoms with Gasteiger partial charge in [-0.1, -0.05) is 103 Å². The number of fused-ring (bicyclic) bond motifs is 17. The summed E-state index contributed by atoms with van der Waals surface area (Å²) in [5.74, 6) is -4.44. The van der Waals surface area contributed by atoms with E-state index in [9.17, 15) is 33.9 Å². The number of hydrogen-bond donors (Lipinski definition) is 6. The molecule has 0 spiro atoms. The third kappa shape index (κ3) is 10.8. The van der Waals surface area contributed by atoms with Crippen LogP contribution in [0.2, 0.25) is 0 Å². The van der Waals surface area contributed by atoms with Crippen LogP contribution in [-0.4, -0.2) is 58.7 Å². The molecule has 0 radical (unpaired) electrons. The first-order valence-corrected chi connectivity index (χ1v) is 19.0. The van der Waals surface area contributed by atoms with E-state index in [0.29, 0.717) is 16.8 Å². The molecule has 12 nitrogen and oxygen atoms in total. The number of carboxylic acid groups (broad SMARTS) is 1. The molecular weight excluding hydrogens is 731 g/mol. The van der Waals surface area contributed by atoms with Crippen LogP contribution in [0, 0.1) is 0 Å². The number of aliphatic carboxylic acids is 1. The maximum atomic E-state index is 14.4. The van der Waals surface area contributed by atoms with E-state index >= 15 is 0 Å². The van der Waals surface area contributed by atoms with Gasteiger partial charge in [-0.25, -0.2) is 4.79 Å². The van der Waals surface area contributed by atoms with E-state index in [1.807, 2.05) is 78.2 Å². The van der Waals surface area contributed by atoms with Crippen molar-refractivity contribution < 1.29 is 33.9 Å². The number of benzene rings is 4. The molecule has 5 aromatic rings. The molecule has 0 fully saturated rings. The van der Waals surface area contributed by atoms with Crippen molar-refractivity contribution in [2.45, 2.75) is 56.3 Å². The molecular formula is C43H41N5O7S. The smallest absolute Gasteiger partial charge is 0.330 e. The van der Waals surface area contributed by atoms with Crippen LogP contribution in [0.5, 0.6) is 0 Å². The minimum absolute atomic E-state index is 0.0131. The summed E-state index contributed by atoms with van der Waals surface area (Å²) in [7, 11) is 0. The van der Waals surface area contributed by atoms with E-state index in [0.717, 1.165) is 16.0 Å². The summed E-state index contributed by atoms with van der Waals surface area (Å²) in [6.07, 6.45) is -0.245. The van der Waals surface area contributed by atoms with Gasteiger partial charge in [-0.05, 0) is 51.4 Å². The van der Waals surface area contributed by atoms with Crippen molar-refractivity contribution in [3.63, 3.8) is 0 Å². The predicted octanol–water partition coefficient (Wildman–Crippen LogP) is 4.57. The summed E-state index contributed by atoms with van der Waals surface area (Å²) >= 11 is 1.40. The summed E-state index contributed by atoms with van der Waals surface area (Å²) in [5.41, 5.74) is 3.95. The van der Waals surface area contributed by atoms with Gasteiger partial charge in [0, 0.05) is 42.7 Å². The predicted molar refractivity (Wildman–Crippen MR) is 212 cm³/mol. The molecule has 1 unspecified atom stereocenters. The summed E-state index contributed by atoms with van der Waals surface area (Å²) in [6, 6.07) is 30.7. The number of rotatable bonds is 8. The van der Waals surface area contributed by atoms with Gasteiger partial charge in [0.05, 0.1) is 0 Å². The van der Waals surface area contributed by atoms with Crippen molar-refractivity contribution in [1.82, 2.24) is 21.3 Å². The summed E-state index contributed by atoms with van der Waals surface area (Å²) < 4.78 is 0. The first-order chi connectivity index (χ1) is 27.1. The van der Waals surface area contributed by atoms with Gasteiger partial charge in [0.1, 0.15) is 18.1 Å². The van der Waals surface area contributed by atoms with Gasteiger partial charge >= 0.3 is 5.97 Å². The summed E-state index contributed by atoms with van der Waals surface area (Å²) in [6.45, 7) is 0. The number of carbonyl (C=O) groups is 6. The largest absolute Gasteiger partial charge is 0.479 e. The molecule has 3 heterocycles. The van der Waals surface area contributed by atoms with Crippen molar-refractivity contribution in [2.24, 2.45) is 0 Å². The highest BCUT2D eigenvalue weighted by Crippen LogP contribution is 2.21. The Bertz CT molecular complexity index is 2140. The normalized spacial score (nSPS) is 19.8. The Hall–Kier alpha value is -6.60. The molecule has 2 aliphatic rings. The second-order valence-electron chi connectivity index (χ2n) is 13.4. The number of anilines is 1. The van der Waals surface area contributed by atoms with E-state index in [1.165, 1.54) is 35.6 Å². The molecule has 13 heteroatoms. The lowest BCUT2D eigenvalue weighted by Gasteiger charge is -2.26. The third-order valence-corrected chi connectivity index (χ3v) is 10.2. The van der Waals surface area contributed by atoms with Crippen LogP contribution in [-0.2, 0) is 48.0 Å². The van der Waals surface area contributed by atoms with Gasteiger partial charge in [-0.15, -0.1) is 11.3 Å². The number of carboxylic acids is 1. The lowest BCUT2D eigenvalue weighted by Crippen LogP contribution is -2.58. The Morgan fingerprint density at radius 2 is 1.09 bits per heavy atom. The molecule has 286 valence electrons. The standard InChI is InChI=1S/C43H41N5O7S/c49-37-21-22-38(50)45-36(26-33-12-7-23-56-33)41(52)46-34(25-28-13-15-30(16-14-28)29-10-5-2-6-11-29)40(51)47-35(24-27-8-3-1-4-9-27)42(53)48-39(43(54)55)31-17-19-32(44-37)20-18-31/h1-20,23,34-36,39H,21-22,24-26H2,(H,44,49)(H,45,50)(H,46,52)(H,47,51)(H,48,53)(H,54,55)/t34-,35-,36-,39?/m1/s1. The topological polar surface area (TPSA) is 183 Å². The first kappa shape index (κ1) is 39.1. The van der Waals surface area contributed by atoms with E-state index in [2.05, 4.69) is 26.6 Å². The second kappa shape index (κ2) is 18.6. The molecule has 1 aromatic heterocycles. The van der Waals surface area contributed by atoms with Crippen LogP contribution < -0.4 is 26.6 Å². The van der Waals surface area contributed by atoms with Gasteiger partial charge < -0.3 is 31.7 Å². The lowest BCUT2D eigenvalue weighted by molar-refractivity contribution is -0.142. The molecule has 0 saturated heterocycles. The average molecular weight is 772 g/mol. The molecule has 2 bridgehead atoms. The summed E-state index contributed by atoms with van der Waals surface area (Å²) in [4.78, 5) is 81.8. The second-order valence-corrected chi connectivity index (χ2v) is 14.5. The highest BCUT2D eigenvalue weighted by molar-refractivity contribution is 7.09. The highest BCUT2D eigenvalue weighted by atomic mass is 32.1. The fourth-order valence-corrected chi connectivity index (χ4v) is 7.11. The minimum atomic E-state index is -1.49. The zero-order valence-electron chi connectivity index (χ0n) is 30.3. The van der Waals surface area contributed by atoms with Gasteiger partial charge in [-0.3, -0.25) is 24.0 Å². The van der Waals surface area contributed by atoms with Crippen molar-refractivity contribution in [3.05, 3.63) is 148 Å². The molecule has 0 saturated carbocycles. The Morgan fingerprint density at radius 3 is 1.68 bits per heavy atom. The van der Waals surface area contributed by atoms with Gasteiger partial charge in [0.15, 0.2) is 6.04 Å². The first-order valence-electron chi connectivity index (χ1n) is 18.1. The quantitative estimate of drug-likeness (QED) is 0.125. The maximum absolute atomic E-state index is 14.4. The van der Waals surface area contributed by atoms with Crippen molar-refractivity contribution in [2.75, 3.05) is 5.32 Å². The molecule has 7 rings (SSSR count). The van der Waals surface area contributed by atoms with E-state index in [-0.39, 0.29) is 37.7 Å². The van der Waals surface area contributed by atoms with Crippen LogP contribution in [0.15, 0.2) is 127 Å². The molecule has 6 N–H and O–H groups in total. The van der Waals surface area contributed by atoms with Crippen LogP contribution in [0.3, 0.4) is 0 Å². The number of amides is 5. The Morgan fingerprint density at radius 1 is 0.554 bits per heavy atom. The number of nitrogens with one attached hydrogen (secondary N) is 5. The zero-order chi connectivity index (χ0) is 39.4. The van der Waals surface area contributed by atoms with E-state index in [4.69, 9.17) is 0 Å². The Labute approximate surface area is 327 Å². The molecule has 4 aromatic carbocycles. The van der Waals surface area contributed by atoms with Crippen LogP contribution >= 0.6 is 11.3 Å². The van der Waals surface area contributed by atoms with Gasteiger partial charge in [-0.2, -0.15) is 0 Å². The summed E-state index contributed by atoms with van der Waals surface area (Å²) in [5, 5.41) is 25.7. The van der Waals surface area contributed by atoms with Crippen molar-refractivity contribution >= 4 is 52.5 Å². The molecule has 5 amide bonds.